The molecule has 2 aliphatic rings. The highest BCUT2D eigenvalue weighted by Crippen LogP contribution is 2.34. The Balaban J connectivity index is 1.32. The maximum absolute atomic E-state index is 14.1. The van der Waals surface area contributed by atoms with Gasteiger partial charge in [-0.25, -0.2) is 0 Å². The Morgan fingerprint density at radius 3 is 2.46 bits per heavy atom. The van der Waals surface area contributed by atoms with Crippen LogP contribution in [0, 0.1) is 5.92 Å². The maximum atomic E-state index is 14.1. The predicted octanol–water partition coefficient (Wildman–Crippen LogP) is 3.29. The van der Waals surface area contributed by atoms with Crippen molar-refractivity contribution in [2.24, 2.45) is 5.92 Å². The predicted molar refractivity (Wildman–Crippen MR) is 171 cm³/mol. The summed E-state index contributed by atoms with van der Waals surface area (Å²) in [7, 11) is 0. The molecule has 1 aliphatic heterocycles. The molecular weight excluding hydrogens is 584 g/mol. The molecule has 1 fully saturated rings. The molecule has 10 nitrogen and oxygen atoms in total. The lowest BCUT2D eigenvalue weighted by Gasteiger charge is -2.40. The average Bonchev–Trinajstić information content (AvgIpc) is 3.37. The van der Waals surface area contributed by atoms with E-state index in [1.807, 2.05) is 77.8 Å². The van der Waals surface area contributed by atoms with Crippen molar-refractivity contribution in [2.75, 3.05) is 26.2 Å². The Morgan fingerprint density at radius 2 is 1.74 bits per heavy atom. The number of fused-ring (bicyclic) bond motifs is 1. The highest BCUT2D eigenvalue weighted by atomic mass is 16.5. The van der Waals surface area contributed by atoms with E-state index in [1.165, 1.54) is 13.8 Å². The Morgan fingerprint density at radius 1 is 0.978 bits per heavy atom. The molecular formula is C36H42N4O6. The number of carbonyl (C=O) groups excluding carboxylic acids is 4. The first-order chi connectivity index (χ1) is 22.3. The van der Waals surface area contributed by atoms with Gasteiger partial charge in [-0.3, -0.25) is 29.2 Å². The topological polar surface area (TPSA) is 118 Å². The summed E-state index contributed by atoms with van der Waals surface area (Å²) < 4.78 is 11.5. The minimum Gasteiger partial charge on any atom is -0.461 e. The van der Waals surface area contributed by atoms with Crippen LogP contribution in [0.2, 0.25) is 0 Å². The Hall–Kier alpha value is -4.41. The zero-order chi connectivity index (χ0) is 32.5. The third-order valence-electron chi connectivity index (χ3n) is 8.72. The number of hydrogen-bond donors (Lipinski definition) is 1. The maximum Gasteiger partial charge on any atom is 0.302 e. The van der Waals surface area contributed by atoms with Crippen LogP contribution in [0.4, 0.5) is 0 Å². The summed E-state index contributed by atoms with van der Waals surface area (Å²) in [6.45, 7) is 5.63. The first kappa shape index (κ1) is 33.0. The van der Waals surface area contributed by atoms with Crippen molar-refractivity contribution >= 4 is 24.1 Å². The van der Waals surface area contributed by atoms with Crippen LogP contribution in [0.25, 0.3) is 0 Å². The molecule has 2 heterocycles. The van der Waals surface area contributed by atoms with Gasteiger partial charge in [-0.1, -0.05) is 60.7 Å². The van der Waals surface area contributed by atoms with Crippen molar-refractivity contribution < 1.29 is 28.7 Å². The number of piperazine rings is 1. The van der Waals surface area contributed by atoms with E-state index in [1.54, 1.807) is 6.20 Å². The molecule has 0 bridgehead atoms. The SMILES string of the molecule is CC(=O)O[C@@H](C[C@@H](Cc1ccccc1)C(=O)N[C@H]1c2ccccc2C[C@H]1OC(C)=O)CN1CCN(Cc2cccnc2)C[C@H]1C=O. The molecule has 10 heteroatoms. The molecule has 1 saturated heterocycles. The number of benzene rings is 2. The Bertz CT molecular complexity index is 1490. The summed E-state index contributed by atoms with van der Waals surface area (Å²) in [4.78, 5) is 59.1. The number of nitrogens with one attached hydrogen (secondary N) is 1. The fourth-order valence-corrected chi connectivity index (χ4v) is 6.63. The van der Waals surface area contributed by atoms with Crippen molar-refractivity contribution in [3.8, 4) is 0 Å². The zero-order valence-electron chi connectivity index (χ0n) is 26.4. The smallest absolute Gasteiger partial charge is 0.302 e. The Kier molecular flexibility index (Phi) is 11.3. The molecule has 1 N–H and O–H groups in total. The number of rotatable bonds is 13. The van der Waals surface area contributed by atoms with E-state index in [-0.39, 0.29) is 18.4 Å². The fourth-order valence-electron chi connectivity index (χ4n) is 6.63. The van der Waals surface area contributed by atoms with E-state index >= 15 is 0 Å². The van der Waals surface area contributed by atoms with Gasteiger partial charge in [0.25, 0.3) is 0 Å². The van der Waals surface area contributed by atoms with Gasteiger partial charge in [-0.15, -0.1) is 0 Å². The molecule has 1 aromatic heterocycles. The lowest BCUT2D eigenvalue weighted by molar-refractivity contribution is -0.150. The molecule has 1 aliphatic carbocycles. The van der Waals surface area contributed by atoms with Gasteiger partial charge in [0.2, 0.25) is 5.91 Å². The highest BCUT2D eigenvalue weighted by molar-refractivity contribution is 5.80. The van der Waals surface area contributed by atoms with Gasteiger partial charge in [0, 0.05) is 71.3 Å². The van der Waals surface area contributed by atoms with Crippen LogP contribution >= 0.6 is 0 Å². The van der Waals surface area contributed by atoms with Crippen LogP contribution in [-0.4, -0.2) is 83.3 Å². The molecule has 0 spiro atoms. The first-order valence-electron chi connectivity index (χ1n) is 15.9. The molecule has 46 heavy (non-hydrogen) atoms. The normalized spacial score (nSPS) is 21.0. The number of carbonyl (C=O) groups is 4. The van der Waals surface area contributed by atoms with Gasteiger partial charge < -0.3 is 19.6 Å². The average molecular weight is 627 g/mol. The molecule has 0 radical (unpaired) electrons. The quantitative estimate of drug-likeness (QED) is 0.225. The third kappa shape index (κ3) is 8.86. The third-order valence-corrected chi connectivity index (χ3v) is 8.72. The number of pyridine rings is 1. The summed E-state index contributed by atoms with van der Waals surface area (Å²) >= 11 is 0. The van der Waals surface area contributed by atoms with Crippen molar-refractivity contribution in [3.05, 3.63) is 101 Å². The number of esters is 2. The van der Waals surface area contributed by atoms with Gasteiger partial charge in [0.1, 0.15) is 18.5 Å². The van der Waals surface area contributed by atoms with Crippen molar-refractivity contribution in [2.45, 2.75) is 63.9 Å². The number of hydrogen-bond acceptors (Lipinski definition) is 9. The zero-order valence-corrected chi connectivity index (χ0v) is 26.4. The van der Waals surface area contributed by atoms with E-state index in [2.05, 4.69) is 15.2 Å². The molecule has 242 valence electrons. The second-order valence-electron chi connectivity index (χ2n) is 12.2. The van der Waals surface area contributed by atoms with E-state index in [0.717, 1.165) is 35.1 Å². The first-order valence-corrected chi connectivity index (χ1v) is 15.9. The van der Waals surface area contributed by atoms with Crippen molar-refractivity contribution in [1.82, 2.24) is 20.1 Å². The largest absolute Gasteiger partial charge is 0.461 e. The van der Waals surface area contributed by atoms with Crippen LogP contribution in [0.15, 0.2) is 79.1 Å². The second kappa shape index (κ2) is 15.7. The number of aromatic nitrogens is 1. The van der Waals surface area contributed by atoms with Gasteiger partial charge in [-0.05, 0) is 41.2 Å². The second-order valence-corrected chi connectivity index (χ2v) is 12.2. The van der Waals surface area contributed by atoms with Crippen LogP contribution in [0.5, 0.6) is 0 Å². The number of aldehydes is 1. The van der Waals surface area contributed by atoms with Crippen LogP contribution < -0.4 is 5.32 Å². The van der Waals surface area contributed by atoms with E-state index < -0.39 is 36.1 Å². The number of nitrogens with zero attached hydrogens (tertiary/aromatic N) is 3. The van der Waals surface area contributed by atoms with Crippen LogP contribution in [-0.2, 0) is 48.0 Å². The lowest BCUT2D eigenvalue weighted by atomic mass is 9.91. The van der Waals surface area contributed by atoms with Gasteiger partial charge in [-0.2, -0.15) is 0 Å². The minimum absolute atomic E-state index is 0.215. The molecule has 5 atom stereocenters. The summed E-state index contributed by atoms with van der Waals surface area (Å²) in [5, 5.41) is 3.18. The molecule has 1 amide bonds. The van der Waals surface area contributed by atoms with E-state index in [9.17, 15) is 19.2 Å². The summed E-state index contributed by atoms with van der Waals surface area (Å²) in [5.41, 5.74) is 4.01. The standard InChI is InChI=1S/C36H42N4O6/c1-25(42)45-32(23-40-16-15-39(22-31(40)24-41)21-28-11-8-14-37-20-28)18-30(17-27-9-4-3-5-10-27)36(44)38-35-33-13-7-6-12-29(33)19-34(35)46-26(2)43/h3-14,20,24,30-32,34-35H,15-19,21-23H2,1-2H3,(H,38,44)/t30-,31+,32+,34-,35+/m1/s1. The molecule has 3 aromatic rings. The molecule has 2 aromatic carbocycles. The van der Waals surface area contributed by atoms with Gasteiger partial charge in [0.15, 0.2) is 0 Å². The monoisotopic (exact) mass is 626 g/mol. The summed E-state index contributed by atoms with van der Waals surface area (Å²) in [6, 6.07) is 20.5. The van der Waals surface area contributed by atoms with Crippen LogP contribution in [0.3, 0.4) is 0 Å². The molecule has 0 saturated carbocycles. The van der Waals surface area contributed by atoms with Gasteiger partial charge >= 0.3 is 11.9 Å². The van der Waals surface area contributed by atoms with Crippen molar-refractivity contribution in [3.63, 3.8) is 0 Å². The van der Waals surface area contributed by atoms with Gasteiger partial charge in [0.05, 0.1) is 12.1 Å². The summed E-state index contributed by atoms with van der Waals surface area (Å²) in [5.74, 6) is -1.62. The van der Waals surface area contributed by atoms with E-state index in [4.69, 9.17) is 9.47 Å². The number of ether oxygens (including phenoxy) is 2. The summed E-state index contributed by atoms with van der Waals surface area (Å²) in [6.07, 6.45) is 4.57. The highest BCUT2D eigenvalue weighted by Gasteiger charge is 2.38. The minimum atomic E-state index is -0.621. The molecule has 5 rings (SSSR count). The fraction of sp³-hybridized carbons (Fsp3) is 0.417. The number of amides is 1. The van der Waals surface area contributed by atoms with Crippen molar-refractivity contribution in [1.29, 1.82) is 0 Å². The van der Waals surface area contributed by atoms with Crippen LogP contribution in [0.1, 0.15) is 48.6 Å². The Labute approximate surface area is 270 Å². The van der Waals surface area contributed by atoms with E-state index in [0.29, 0.717) is 39.0 Å². The molecule has 0 unspecified atom stereocenters. The lowest BCUT2D eigenvalue weighted by Crippen LogP contribution is -2.55.